The molecule has 0 spiro atoms. The van der Waals surface area contributed by atoms with Gasteiger partial charge in [-0.1, -0.05) is 25.4 Å². The fraction of sp³-hybridized carbons (Fsp3) is 0.462. The third-order valence-electron chi connectivity index (χ3n) is 3.45. The molecule has 1 fully saturated rings. The molecule has 0 saturated carbocycles. The third-order valence-corrected chi connectivity index (χ3v) is 3.69. The van der Waals surface area contributed by atoms with Crippen LogP contribution in [-0.4, -0.2) is 34.6 Å². The van der Waals surface area contributed by atoms with Gasteiger partial charge >= 0.3 is 0 Å². The summed E-state index contributed by atoms with van der Waals surface area (Å²) in [6.07, 6.45) is 0. The minimum Gasteiger partial charge on any atom is -0.386 e. The van der Waals surface area contributed by atoms with Crippen LogP contribution in [-0.2, 0) is 0 Å². The molecule has 2 rings (SSSR count). The van der Waals surface area contributed by atoms with Gasteiger partial charge < -0.3 is 10.0 Å². The Labute approximate surface area is 110 Å². The maximum atomic E-state index is 13.5. The van der Waals surface area contributed by atoms with Crippen LogP contribution < -0.4 is 0 Å². The van der Waals surface area contributed by atoms with Crippen molar-refractivity contribution in [2.75, 3.05) is 13.1 Å². The zero-order valence-electron chi connectivity index (χ0n) is 10.3. The summed E-state index contributed by atoms with van der Waals surface area (Å²) >= 11 is 5.75. The number of carbonyl (C=O) groups excluding carboxylic acids is 1. The molecule has 0 bridgehead atoms. The van der Waals surface area contributed by atoms with Crippen molar-refractivity contribution >= 4 is 17.5 Å². The normalized spacial score (nSPS) is 17.8. The second kappa shape index (κ2) is 4.52. The van der Waals surface area contributed by atoms with Gasteiger partial charge in [-0.05, 0) is 24.1 Å². The van der Waals surface area contributed by atoms with Crippen LogP contribution in [0.4, 0.5) is 4.39 Å². The Morgan fingerprint density at radius 1 is 1.50 bits per heavy atom. The Bertz CT molecular complexity index is 484. The van der Waals surface area contributed by atoms with E-state index >= 15 is 0 Å². The molecule has 1 aliphatic rings. The number of hydrogen-bond acceptors (Lipinski definition) is 2. The summed E-state index contributed by atoms with van der Waals surface area (Å²) in [5.74, 6) is -0.963. The molecule has 1 aromatic rings. The zero-order chi connectivity index (χ0) is 13.5. The molecule has 1 aromatic carbocycles. The van der Waals surface area contributed by atoms with Crippen molar-refractivity contribution in [3.63, 3.8) is 0 Å². The molecular formula is C13H15ClFNO2. The average Bonchev–Trinajstić information content (AvgIpc) is 2.27. The molecule has 18 heavy (non-hydrogen) atoms. The quantitative estimate of drug-likeness (QED) is 0.897. The second-order valence-electron chi connectivity index (χ2n) is 5.04. The van der Waals surface area contributed by atoms with Gasteiger partial charge in [0, 0.05) is 5.02 Å². The molecule has 0 aliphatic carbocycles. The first kappa shape index (κ1) is 13.3. The minimum absolute atomic E-state index is 0.0479. The van der Waals surface area contributed by atoms with Crippen molar-refractivity contribution in [1.29, 1.82) is 0 Å². The van der Waals surface area contributed by atoms with Gasteiger partial charge in [-0.25, -0.2) is 4.39 Å². The van der Waals surface area contributed by atoms with Crippen molar-refractivity contribution in [3.8, 4) is 0 Å². The number of aliphatic hydroxyl groups is 1. The maximum absolute atomic E-state index is 13.5. The van der Waals surface area contributed by atoms with Crippen molar-refractivity contribution in [2.45, 2.75) is 19.4 Å². The second-order valence-corrected chi connectivity index (χ2v) is 5.48. The van der Waals surface area contributed by atoms with E-state index in [0.29, 0.717) is 5.02 Å². The fourth-order valence-electron chi connectivity index (χ4n) is 1.96. The Morgan fingerprint density at radius 3 is 2.67 bits per heavy atom. The molecule has 3 nitrogen and oxygen atoms in total. The smallest absolute Gasteiger partial charge is 0.257 e. The molecule has 0 radical (unpaired) electrons. The highest BCUT2D eigenvalue weighted by atomic mass is 35.5. The lowest BCUT2D eigenvalue weighted by Gasteiger charge is -2.49. The number of likely N-dealkylation sites (tertiary alicyclic amines) is 1. The van der Waals surface area contributed by atoms with Crippen molar-refractivity contribution in [3.05, 3.63) is 34.6 Å². The molecule has 98 valence electrons. The van der Waals surface area contributed by atoms with Crippen LogP contribution >= 0.6 is 11.6 Å². The molecule has 0 atom stereocenters. The molecule has 1 amide bonds. The van der Waals surface area contributed by atoms with Crippen LogP contribution in [0.15, 0.2) is 18.2 Å². The van der Waals surface area contributed by atoms with E-state index in [1.54, 1.807) is 0 Å². The molecule has 5 heteroatoms. The molecule has 1 N–H and O–H groups in total. The van der Waals surface area contributed by atoms with E-state index in [1.807, 2.05) is 13.8 Å². The van der Waals surface area contributed by atoms with E-state index in [-0.39, 0.29) is 24.6 Å². The van der Waals surface area contributed by atoms with E-state index in [9.17, 15) is 14.3 Å². The maximum Gasteiger partial charge on any atom is 0.257 e. The molecule has 0 aromatic heterocycles. The Hall–Kier alpha value is -1.13. The summed E-state index contributed by atoms with van der Waals surface area (Å²) in [4.78, 5) is 13.5. The summed E-state index contributed by atoms with van der Waals surface area (Å²) in [5, 5.41) is 10.4. The number of nitrogens with zero attached hydrogens (tertiary/aromatic N) is 1. The lowest BCUT2D eigenvalue weighted by Crippen LogP contribution is -2.66. The lowest BCUT2D eigenvalue weighted by atomic mass is 9.82. The van der Waals surface area contributed by atoms with Gasteiger partial charge in [0.25, 0.3) is 5.91 Å². The first-order valence-electron chi connectivity index (χ1n) is 5.80. The number of rotatable bonds is 2. The Balaban J connectivity index is 2.13. The summed E-state index contributed by atoms with van der Waals surface area (Å²) in [7, 11) is 0. The summed E-state index contributed by atoms with van der Waals surface area (Å²) in [6, 6.07) is 3.88. The lowest BCUT2D eigenvalue weighted by molar-refractivity contribution is -0.111. The number of halogens is 2. The van der Waals surface area contributed by atoms with Gasteiger partial charge in [0.05, 0.1) is 18.7 Å². The SMILES string of the molecule is CC(C)C1(O)CN(C(=O)c2cc(Cl)ccc2F)C1. The van der Waals surface area contributed by atoms with Gasteiger partial charge in [0.2, 0.25) is 0 Å². The average molecular weight is 272 g/mol. The topological polar surface area (TPSA) is 40.5 Å². The van der Waals surface area contributed by atoms with Gasteiger partial charge in [-0.2, -0.15) is 0 Å². The van der Waals surface area contributed by atoms with E-state index in [1.165, 1.54) is 23.1 Å². The predicted molar refractivity (Wildman–Crippen MR) is 67.1 cm³/mol. The number of amides is 1. The minimum atomic E-state index is -0.856. The summed E-state index contributed by atoms with van der Waals surface area (Å²) in [5.41, 5.74) is -0.904. The molecule has 1 saturated heterocycles. The van der Waals surface area contributed by atoms with E-state index < -0.39 is 17.3 Å². The third kappa shape index (κ3) is 2.22. The van der Waals surface area contributed by atoms with Crippen molar-refractivity contribution in [1.82, 2.24) is 4.90 Å². The van der Waals surface area contributed by atoms with Crippen molar-refractivity contribution in [2.24, 2.45) is 5.92 Å². The van der Waals surface area contributed by atoms with E-state index in [4.69, 9.17) is 11.6 Å². The number of β-amino-alcohol motifs (C(OH)–C–C–N with tert-alkyl or cyclic N) is 1. The van der Waals surface area contributed by atoms with Crippen LogP contribution in [0, 0.1) is 11.7 Å². The monoisotopic (exact) mass is 271 g/mol. The van der Waals surface area contributed by atoms with Crippen LogP contribution in [0.25, 0.3) is 0 Å². The first-order chi connectivity index (χ1) is 8.33. The fourth-order valence-corrected chi connectivity index (χ4v) is 2.13. The number of benzene rings is 1. The Kier molecular flexibility index (Phi) is 3.34. The highest BCUT2D eigenvalue weighted by Crippen LogP contribution is 2.30. The molecular weight excluding hydrogens is 257 g/mol. The standard InChI is InChI=1S/C13H15ClFNO2/c1-8(2)13(18)6-16(7-13)12(17)10-5-9(14)3-4-11(10)15/h3-5,8,18H,6-7H2,1-2H3. The van der Waals surface area contributed by atoms with Crippen molar-refractivity contribution < 1.29 is 14.3 Å². The van der Waals surface area contributed by atoms with Gasteiger partial charge in [-0.3, -0.25) is 4.79 Å². The highest BCUT2D eigenvalue weighted by molar-refractivity contribution is 6.31. The molecule has 1 heterocycles. The predicted octanol–water partition coefficient (Wildman–Crippen LogP) is 2.32. The van der Waals surface area contributed by atoms with Gasteiger partial charge in [0.1, 0.15) is 11.4 Å². The zero-order valence-corrected chi connectivity index (χ0v) is 11.0. The molecule has 1 aliphatic heterocycles. The van der Waals surface area contributed by atoms with Gasteiger partial charge in [-0.15, -0.1) is 0 Å². The highest BCUT2D eigenvalue weighted by Gasteiger charge is 2.46. The summed E-state index contributed by atoms with van der Waals surface area (Å²) < 4.78 is 13.5. The first-order valence-corrected chi connectivity index (χ1v) is 6.18. The van der Waals surface area contributed by atoms with Crippen LogP contribution in [0.2, 0.25) is 5.02 Å². The van der Waals surface area contributed by atoms with E-state index in [0.717, 1.165) is 0 Å². The van der Waals surface area contributed by atoms with Gasteiger partial charge in [0.15, 0.2) is 0 Å². The van der Waals surface area contributed by atoms with Crippen LogP contribution in [0.3, 0.4) is 0 Å². The van der Waals surface area contributed by atoms with Crippen LogP contribution in [0.1, 0.15) is 24.2 Å². The largest absolute Gasteiger partial charge is 0.386 e. The summed E-state index contributed by atoms with van der Waals surface area (Å²) in [6.45, 7) is 4.24. The van der Waals surface area contributed by atoms with Crippen LogP contribution in [0.5, 0.6) is 0 Å². The Morgan fingerprint density at radius 2 is 2.11 bits per heavy atom. The van der Waals surface area contributed by atoms with E-state index in [2.05, 4.69) is 0 Å². The molecule has 0 unspecified atom stereocenters. The number of carbonyl (C=O) groups is 1. The number of hydrogen-bond donors (Lipinski definition) is 1.